The molecule has 156 valence electrons. The quantitative estimate of drug-likeness (QED) is 0.221. The zero-order chi connectivity index (χ0) is 21.5. The van der Waals surface area contributed by atoms with Gasteiger partial charge in [-0.2, -0.15) is 9.78 Å². The minimum absolute atomic E-state index is 0.0982. The van der Waals surface area contributed by atoms with E-state index < -0.39 is 4.92 Å². The van der Waals surface area contributed by atoms with Crippen LogP contribution in [0.2, 0.25) is 0 Å². The van der Waals surface area contributed by atoms with Crippen LogP contribution in [0, 0.1) is 10.1 Å². The third-order valence-corrected chi connectivity index (χ3v) is 4.77. The standard InChI is InChI=1S/C20H21N5O4S/c1-4-29-19-16(25(26)27)10-15(11-17(19)28-2)13-21-24-18(22-23-20(24)30-3)12-14-8-6-5-7-9-14/h5-11,13H,4,12H2,1-3H3/b21-13-. The van der Waals surface area contributed by atoms with Crippen LogP contribution in [0.3, 0.4) is 0 Å². The third-order valence-electron chi connectivity index (χ3n) is 4.15. The number of thioether (sulfide) groups is 1. The van der Waals surface area contributed by atoms with Crippen LogP contribution in [-0.2, 0) is 6.42 Å². The Morgan fingerprint density at radius 3 is 2.67 bits per heavy atom. The van der Waals surface area contributed by atoms with Gasteiger partial charge in [-0.25, -0.2) is 0 Å². The molecule has 9 nitrogen and oxygen atoms in total. The molecule has 3 rings (SSSR count). The number of benzene rings is 2. The molecule has 1 aromatic heterocycles. The minimum Gasteiger partial charge on any atom is -0.493 e. The summed E-state index contributed by atoms with van der Waals surface area (Å²) in [6, 6.07) is 12.9. The van der Waals surface area contributed by atoms with Crippen LogP contribution in [0.4, 0.5) is 5.69 Å². The maximum absolute atomic E-state index is 11.5. The van der Waals surface area contributed by atoms with Crippen molar-refractivity contribution < 1.29 is 14.4 Å². The number of ether oxygens (including phenoxy) is 2. The van der Waals surface area contributed by atoms with Gasteiger partial charge in [-0.05, 0) is 24.8 Å². The summed E-state index contributed by atoms with van der Waals surface area (Å²) in [6.07, 6.45) is 3.95. The van der Waals surface area contributed by atoms with E-state index in [2.05, 4.69) is 15.3 Å². The third kappa shape index (κ3) is 4.77. The summed E-state index contributed by atoms with van der Waals surface area (Å²) in [6.45, 7) is 2.04. The van der Waals surface area contributed by atoms with Gasteiger partial charge in [-0.3, -0.25) is 10.1 Å². The molecule has 0 aliphatic heterocycles. The Labute approximate surface area is 177 Å². The highest BCUT2D eigenvalue weighted by molar-refractivity contribution is 7.98. The fourth-order valence-corrected chi connectivity index (χ4v) is 3.26. The van der Waals surface area contributed by atoms with Gasteiger partial charge in [0.1, 0.15) is 0 Å². The molecule has 1 heterocycles. The van der Waals surface area contributed by atoms with Gasteiger partial charge in [0.2, 0.25) is 10.9 Å². The zero-order valence-electron chi connectivity index (χ0n) is 16.8. The molecule has 0 aliphatic carbocycles. The zero-order valence-corrected chi connectivity index (χ0v) is 17.6. The molecular formula is C20H21N5O4S. The van der Waals surface area contributed by atoms with Crippen LogP contribution >= 0.6 is 11.8 Å². The van der Waals surface area contributed by atoms with Crippen molar-refractivity contribution in [2.75, 3.05) is 20.0 Å². The van der Waals surface area contributed by atoms with Crippen molar-refractivity contribution in [2.45, 2.75) is 18.5 Å². The lowest BCUT2D eigenvalue weighted by Gasteiger charge is -2.10. The molecular weight excluding hydrogens is 406 g/mol. The lowest BCUT2D eigenvalue weighted by Crippen LogP contribution is -2.03. The van der Waals surface area contributed by atoms with Gasteiger partial charge in [0, 0.05) is 18.1 Å². The van der Waals surface area contributed by atoms with Gasteiger partial charge < -0.3 is 9.47 Å². The van der Waals surface area contributed by atoms with E-state index in [9.17, 15) is 10.1 Å². The van der Waals surface area contributed by atoms with Gasteiger partial charge in [0.05, 0.1) is 24.9 Å². The second-order valence-electron chi connectivity index (χ2n) is 6.08. The smallest absolute Gasteiger partial charge is 0.315 e. The van der Waals surface area contributed by atoms with Crippen molar-refractivity contribution in [2.24, 2.45) is 5.10 Å². The topological polar surface area (TPSA) is 105 Å². The number of rotatable bonds is 9. The van der Waals surface area contributed by atoms with Crippen molar-refractivity contribution in [3.8, 4) is 11.5 Å². The first kappa shape index (κ1) is 21.3. The second kappa shape index (κ2) is 9.88. The summed E-state index contributed by atoms with van der Waals surface area (Å²) >= 11 is 1.41. The van der Waals surface area contributed by atoms with Crippen LogP contribution in [0.15, 0.2) is 52.7 Å². The van der Waals surface area contributed by atoms with Gasteiger partial charge in [-0.1, -0.05) is 42.1 Å². The van der Waals surface area contributed by atoms with Gasteiger partial charge in [0.15, 0.2) is 11.6 Å². The molecule has 3 aromatic rings. The largest absolute Gasteiger partial charge is 0.493 e. The van der Waals surface area contributed by atoms with Crippen molar-refractivity contribution in [3.05, 3.63) is 69.5 Å². The first-order valence-corrected chi connectivity index (χ1v) is 10.4. The molecule has 0 N–H and O–H groups in total. The number of nitrogens with zero attached hydrogens (tertiary/aromatic N) is 5. The minimum atomic E-state index is -0.502. The monoisotopic (exact) mass is 427 g/mol. The summed E-state index contributed by atoms with van der Waals surface area (Å²) in [5.41, 5.74) is 1.39. The Kier molecular flexibility index (Phi) is 7.02. The highest BCUT2D eigenvalue weighted by Crippen LogP contribution is 2.38. The molecule has 30 heavy (non-hydrogen) atoms. The molecule has 0 saturated carbocycles. The van der Waals surface area contributed by atoms with E-state index in [4.69, 9.17) is 9.47 Å². The molecule has 0 amide bonds. The number of hydrogen-bond donors (Lipinski definition) is 0. The second-order valence-corrected chi connectivity index (χ2v) is 6.86. The van der Waals surface area contributed by atoms with Crippen LogP contribution in [0.25, 0.3) is 0 Å². The summed E-state index contributed by atoms with van der Waals surface area (Å²) in [7, 11) is 1.44. The Bertz CT molecular complexity index is 1050. The molecule has 0 spiro atoms. The normalized spacial score (nSPS) is 11.0. The maximum atomic E-state index is 11.5. The van der Waals surface area contributed by atoms with E-state index in [1.54, 1.807) is 17.7 Å². The Morgan fingerprint density at radius 1 is 1.27 bits per heavy atom. The lowest BCUT2D eigenvalue weighted by molar-refractivity contribution is -0.385. The molecule has 0 radical (unpaired) electrons. The van der Waals surface area contributed by atoms with E-state index in [0.717, 1.165) is 5.56 Å². The maximum Gasteiger partial charge on any atom is 0.315 e. The van der Waals surface area contributed by atoms with E-state index >= 15 is 0 Å². The van der Waals surface area contributed by atoms with Crippen LogP contribution in [-0.4, -0.2) is 46.0 Å². The first-order valence-electron chi connectivity index (χ1n) is 9.13. The number of aromatic nitrogens is 3. The highest BCUT2D eigenvalue weighted by atomic mass is 32.2. The van der Waals surface area contributed by atoms with Crippen molar-refractivity contribution in [1.82, 2.24) is 14.9 Å². The number of methoxy groups -OCH3 is 1. The Morgan fingerprint density at radius 2 is 2.03 bits per heavy atom. The summed E-state index contributed by atoms with van der Waals surface area (Å²) < 4.78 is 12.3. The average molecular weight is 427 g/mol. The molecule has 10 heteroatoms. The predicted octanol–water partition coefficient (Wildman–Crippen LogP) is 3.79. The van der Waals surface area contributed by atoms with Crippen molar-refractivity contribution >= 4 is 23.7 Å². The molecule has 0 fully saturated rings. The fraction of sp³-hybridized carbons (Fsp3) is 0.250. The molecule has 0 bridgehead atoms. The van der Waals surface area contributed by atoms with Gasteiger partial charge in [0.25, 0.3) is 0 Å². The molecule has 0 saturated heterocycles. The first-order chi connectivity index (χ1) is 14.6. The summed E-state index contributed by atoms with van der Waals surface area (Å²) in [4.78, 5) is 11.0. The number of nitro benzene ring substituents is 1. The van der Waals surface area contributed by atoms with Crippen molar-refractivity contribution in [3.63, 3.8) is 0 Å². The number of hydrogen-bond acceptors (Lipinski definition) is 8. The van der Waals surface area contributed by atoms with Crippen LogP contribution in [0.1, 0.15) is 23.9 Å². The van der Waals surface area contributed by atoms with E-state index in [1.165, 1.54) is 31.2 Å². The molecule has 0 unspecified atom stereocenters. The molecule has 0 aliphatic rings. The van der Waals surface area contributed by atoms with Crippen LogP contribution in [0.5, 0.6) is 11.5 Å². The van der Waals surface area contributed by atoms with Crippen molar-refractivity contribution in [1.29, 1.82) is 0 Å². The van der Waals surface area contributed by atoms with E-state index in [0.29, 0.717) is 23.0 Å². The number of nitro groups is 1. The Hall–Kier alpha value is -3.40. The highest BCUT2D eigenvalue weighted by Gasteiger charge is 2.22. The van der Waals surface area contributed by atoms with Crippen LogP contribution < -0.4 is 9.47 Å². The Balaban J connectivity index is 1.98. The van der Waals surface area contributed by atoms with E-state index in [-0.39, 0.29) is 23.8 Å². The van der Waals surface area contributed by atoms with E-state index in [1.807, 2.05) is 36.6 Å². The van der Waals surface area contributed by atoms with Gasteiger partial charge >= 0.3 is 5.69 Å². The lowest BCUT2D eigenvalue weighted by atomic mass is 10.1. The average Bonchev–Trinajstić information content (AvgIpc) is 3.14. The SMILES string of the molecule is CCOc1c(OC)cc(/C=N\n2c(Cc3ccccc3)nnc2SC)cc1[N+](=O)[O-]. The summed E-state index contributed by atoms with van der Waals surface area (Å²) in [5, 5.41) is 25.0. The predicted molar refractivity (Wildman–Crippen MR) is 115 cm³/mol. The fourth-order valence-electron chi connectivity index (χ4n) is 2.81. The van der Waals surface area contributed by atoms with Gasteiger partial charge in [-0.15, -0.1) is 10.2 Å². The molecule has 2 aromatic carbocycles. The summed E-state index contributed by atoms with van der Waals surface area (Å²) in [5.74, 6) is 1.03. The molecule has 0 atom stereocenters.